The SMILES string of the molecule is CNc1nc(Nc2ccc(C(=O)NCCNC[C@H]3CC[C@H](C)CC3)cc2OC)ncc1Cl. The standard InChI is InChI=1S/C23H33ClN6O2/c1-15-4-6-16(7-5-15)13-26-10-11-27-22(31)17-8-9-19(20(12-17)32-3)29-23-28-14-18(24)21(25-2)30-23/h8-9,12,14-16,26H,4-7,10-11,13H2,1-3H3,(H,27,31)(H2,25,28,29,30)/t15-,16-. The normalized spacial score (nSPS) is 18.1. The third-order valence-electron chi connectivity index (χ3n) is 5.85. The van der Waals surface area contributed by atoms with Crippen molar-refractivity contribution in [1.29, 1.82) is 0 Å². The van der Waals surface area contributed by atoms with Crippen molar-refractivity contribution in [3.63, 3.8) is 0 Å². The van der Waals surface area contributed by atoms with Crippen LogP contribution in [0.3, 0.4) is 0 Å². The summed E-state index contributed by atoms with van der Waals surface area (Å²) in [5.41, 5.74) is 1.18. The van der Waals surface area contributed by atoms with Crippen LogP contribution in [0, 0.1) is 11.8 Å². The van der Waals surface area contributed by atoms with Gasteiger partial charge in [0.2, 0.25) is 5.95 Å². The predicted octanol–water partition coefficient (Wildman–Crippen LogP) is 4.07. The van der Waals surface area contributed by atoms with Crippen LogP contribution in [0.15, 0.2) is 24.4 Å². The Bertz CT molecular complexity index is 902. The number of halogens is 1. The average Bonchev–Trinajstić information content (AvgIpc) is 2.81. The Morgan fingerprint density at radius 2 is 2.00 bits per heavy atom. The number of carbonyl (C=O) groups is 1. The number of anilines is 3. The van der Waals surface area contributed by atoms with Crippen molar-refractivity contribution in [2.75, 3.05) is 44.4 Å². The topological polar surface area (TPSA) is 100 Å². The van der Waals surface area contributed by atoms with Crippen LogP contribution in [-0.2, 0) is 0 Å². The first-order valence-corrected chi connectivity index (χ1v) is 11.5. The number of ether oxygens (including phenoxy) is 1. The first-order valence-electron chi connectivity index (χ1n) is 11.1. The second-order valence-corrected chi connectivity index (χ2v) is 8.67. The zero-order valence-corrected chi connectivity index (χ0v) is 19.8. The fraction of sp³-hybridized carbons (Fsp3) is 0.522. The molecule has 1 fully saturated rings. The van der Waals surface area contributed by atoms with Gasteiger partial charge in [-0.25, -0.2) is 4.98 Å². The summed E-state index contributed by atoms with van der Waals surface area (Å²) in [6.07, 6.45) is 6.78. The highest BCUT2D eigenvalue weighted by molar-refractivity contribution is 6.32. The van der Waals surface area contributed by atoms with Gasteiger partial charge in [-0.05, 0) is 49.4 Å². The van der Waals surface area contributed by atoms with Crippen molar-refractivity contribution < 1.29 is 9.53 Å². The molecule has 1 aliphatic carbocycles. The fourth-order valence-corrected chi connectivity index (χ4v) is 4.05. The molecule has 0 radical (unpaired) electrons. The molecule has 3 rings (SSSR count). The predicted molar refractivity (Wildman–Crippen MR) is 129 cm³/mol. The van der Waals surface area contributed by atoms with Crippen LogP contribution in [0.25, 0.3) is 0 Å². The van der Waals surface area contributed by atoms with Gasteiger partial charge in [-0.15, -0.1) is 0 Å². The number of amides is 1. The number of hydrogen-bond donors (Lipinski definition) is 4. The minimum Gasteiger partial charge on any atom is -0.495 e. The van der Waals surface area contributed by atoms with E-state index in [0.29, 0.717) is 40.3 Å². The lowest BCUT2D eigenvalue weighted by Gasteiger charge is -2.26. The van der Waals surface area contributed by atoms with E-state index in [1.165, 1.54) is 31.9 Å². The minimum atomic E-state index is -0.136. The molecule has 1 heterocycles. The van der Waals surface area contributed by atoms with Gasteiger partial charge in [0.05, 0.1) is 19.0 Å². The van der Waals surface area contributed by atoms with Crippen LogP contribution in [0.1, 0.15) is 43.0 Å². The van der Waals surface area contributed by atoms with Gasteiger partial charge in [0.15, 0.2) is 0 Å². The number of aromatic nitrogens is 2. The van der Waals surface area contributed by atoms with Crippen LogP contribution in [0.2, 0.25) is 5.02 Å². The maximum Gasteiger partial charge on any atom is 0.251 e. The van der Waals surface area contributed by atoms with Crippen LogP contribution in [0.4, 0.5) is 17.5 Å². The molecule has 0 atom stereocenters. The van der Waals surface area contributed by atoms with Gasteiger partial charge in [-0.1, -0.05) is 31.4 Å². The summed E-state index contributed by atoms with van der Waals surface area (Å²) < 4.78 is 5.45. The summed E-state index contributed by atoms with van der Waals surface area (Å²) in [5, 5.41) is 12.9. The highest BCUT2D eigenvalue weighted by atomic mass is 35.5. The van der Waals surface area contributed by atoms with Crippen LogP contribution < -0.4 is 26.0 Å². The lowest BCUT2D eigenvalue weighted by atomic mass is 9.83. The highest BCUT2D eigenvalue weighted by Crippen LogP contribution is 2.29. The number of carbonyl (C=O) groups excluding carboxylic acids is 1. The maximum absolute atomic E-state index is 12.5. The first kappa shape index (κ1) is 24.1. The Morgan fingerprint density at radius 3 is 2.72 bits per heavy atom. The quantitative estimate of drug-likeness (QED) is 0.396. The fourth-order valence-electron chi connectivity index (χ4n) is 3.86. The molecular weight excluding hydrogens is 428 g/mol. The van der Waals surface area contributed by atoms with Gasteiger partial charge >= 0.3 is 0 Å². The molecule has 2 aromatic rings. The van der Waals surface area contributed by atoms with Crippen molar-refractivity contribution in [3.8, 4) is 5.75 Å². The van der Waals surface area contributed by atoms with Crippen molar-refractivity contribution >= 4 is 35.0 Å². The number of hydrogen-bond acceptors (Lipinski definition) is 7. The van der Waals surface area contributed by atoms with E-state index in [9.17, 15) is 4.79 Å². The van der Waals surface area contributed by atoms with E-state index in [1.54, 1.807) is 32.4 Å². The van der Waals surface area contributed by atoms with E-state index in [4.69, 9.17) is 16.3 Å². The monoisotopic (exact) mass is 460 g/mol. The molecule has 1 aliphatic rings. The molecule has 1 amide bonds. The Morgan fingerprint density at radius 1 is 1.22 bits per heavy atom. The van der Waals surface area contributed by atoms with E-state index in [-0.39, 0.29) is 5.91 Å². The largest absolute Gasteiger partial charge is 0.495 e. The highest BCUT2D eigenvalue weighted by Gasteiger charge is 2.17. The molecular formula is C23H33ClN6O2. The van der Waals surface area contributed by atoms with E-state index >= 15 is 0 Å². The van der Waals surface area contributed by atoms with Crippen molar-refractivity contribution in [2.45, 2.75) is 32.6 Å². The molecule has 0 unspecified atom stereocenters. The van der Waals surface area contributed by atoms with Crippen LogP contribution in [-0.4, -0.2) is 49.7 Å². The molecule has 9 heteroatoms. The molecule has 32 heavy (non-hydrogen) atoms. The molecule has 0 spiro atoms. The number of benzene rings is 1. The van der Waals surface area contributed by atoms with Crippen LogP contribution >= 0.6 is 11.6 Å². The van der Waals surface area contributed by atoms with Gasteiger partial charge in [0, 0.05) is 25.7 Å². The van der Waals surface area contributed by atoms with Gasteiger partial charge in [-0.2, -0.15) is 4.98 Å². The molecule has 1 aromatic carbocycles. The van der Waals surface area contributed by atoms with E-state index in [1.807, 2.05) is 0 Å². The summed E-state index contributed by atoms with van der Waals surface area (Å²) >= 11 is 6.03. The van der Waals surface area contributed by atoms with E-state index < -0.39 is 0 Å². The smallest absolute Gasteiger partial charge is 0.251 e. The Hall–Kier alpha value is -2.58. The van der Waals surface area contributed by atoms with Crippen molar-refractivity contribution in [1.82, 2.24) is 20.6 Å². The zero-order valence-electron chi connectivity index (χ0n) is 19.0. The molecule has 0 saturated heterocycles. The van der Waals surface area contributed by atoms with Crippen molar-refractivity contribution in [2.24, 2.45) is 11.8 Å². The van der Waals surface area contributed by atoms with Gasteiger partial charge in [0.1, 0.15) is 16.6 Å². The number of rotatable bonds is 10. The van der Waals surface area contributed by atoms with E-state index in [2.05, 4.69) is 38.2 Å². The summed E-state index contributed by atoms with van der Waals surface area (Å²) in [5.74, 6) is 2.91. The van der Waals surface area contributed by atoms with Crippen LogP contribution in [0.5, 0.6) is 5.75 Å². The zero-order chi connectivity index (χ0) is 22.9. The Balaban J connectivity index is 1.49. The first-order chi connectivity index (χ1) is 15.5. The second-order valence-electron chi connectivity index (χ2n) is 8.27. The Labute approximate surface area is 194 Å². The molecule has 0 bridgehead atoms. The van der Waals surface area contributed by atoms with Gasteiger partial charge in [-0.3, -0.25) is 4.79 Å². The summed E-state index contributed by atoms with van der Waals surface area (Å²) in [4.78, 5) is 21.0. The molecule has 174 valence electrons. The third kappa shape index (κ3) is 6.71. The number of methoxy groups -OCH3 is 1. The number of nitrogens with one attached hydrogen (secondary N) is 4. The minimum absolute atomic E-state index is 0.136. The van der Waals surface area contributed by atoms with Crippen molar-refractivity contribution in [3.05, 3.63) is 35.0 Å². The lowest BCUT2D eigenvalue weighted by molar-refractivity contribution is 0.0953. The van der Waals surface area contributed by atoms with Gasteiger partial charge in [0.25, 0.3) is 5.91 Å². The Kier molecular flexibility index (Phi) is 8.93. The summed E-state index contributed by atoms with van der Waals surface area (Å²) in [6.45, 7) is 4.70. The summed E-state index contributed by atoms with van der Waals surface area (Å²) in [6, 6.07) is 5.21. The molecule has 4 N–H and O–H groups in total. The molecule has 1 saturated carbocycles. The summed E-state index contributed by atoms with van der Waals surface area (Å²) in [7, 11) is 3.29. The second kappa shape index (κ2) is 11.9. The lowest BCUT2D eigenvalue weighted by Crippen LogP contribution is -2.34. The molecule has 8 nitrogen and oxygen atoms in total. The number of nitrogens with zero attached hydrogens (tertiary/aromatic N) is 2. The third-order valence-corrected chi connectivity index (χ3v) is 6.12. The molecule has 0 aliphatic heterocycles. The molecule has 1 aromatic heterocycles. The maximum atomic E-state index is 12.5. The average molecular weight is 461 g/mol. The van der Waals surface area contributed by atoms with E-state index in [0.717, 1.165) is 24.9 Å². The van der Waals surface area contributed by atoms with Gasteiger partial charge < -0.3 is 26.0 Å².